The molecule has 130 valence electrons. The first-order valence-corrected chi connectivity index (χ1v) is 7.70. The van der Waals surface area contributed by atoms with Gasteiger partial charge in [-0.25, -0.2) is 4.79 Å². The minimum atomic E-state index is -0.914. The molecule has 1 aliphatic carbocycles. The van der Waals surface area contributed by atoms with E-state index < -0.39 is 22.7 Å². The molecule has 0 saturated heterocycles. The van der Waals surface area contributed by atoms with Crippen LogP contribution in [-0.2, 0) is 9.53 Å². The molecule has 1 aliphatic rings. The lowest BCUT2D eigenvalue weighted by Gasteiger charge is -2.20. The molecule has 0 aliphatic heterocycles. The highest BCUT2D eigenvalue weighted by molar-refractivity contribution is 5.97. The maximum atomic E-state index is 12.3. The van der Waals surface area contributed by atoms with E-state index in [-0.39, 0.29) is 29.5 Å². The topological polar surface area (TPSA) is 105 Å². The van der Waals surface area contributed by atoms with Gasteiger partial charge in [0.15, 0.2) is 23.4 Å². The number of esters is 1. The summed E-state index contributed by atoms with van der Waals surface area (Å²) in [4.78, 5) is 34.7. The van der Waals surface area contributed by atoms with Crippen molar-refractivity contribution in [3.8, 4) is 11.5 Å². The van der Waals surface area contributed by atoms with Gasteiger partial charge in [0.1, 0.15) is 5.56 Å². The molecule has 24 heavy (non-hydrogen) atoms. The molecule has 1 saturated carbocycles. The SMILES string of the molecule is CCOc1cc([N+](=O)[O-])c(C(=O)O[C@@H]2CCCCC2=O)cc1OC. The summed E-state index contributed by atoms with van der Waals surface area (Å²) >= 11 is 0. The molecule has 1 aromatic rings. The van der Waals surface area contributed by atoms with E-state index in [9.17, 15) is 19.7 Å². The Labute approximate surface area is 138 Å². The standard InChI is InChI=1S/C16H19NO7/c1-3-23-15-9-11(17(20)21)10(8-14(15)22-2)16(19)24-13-7-5-4-6-12(13)18/h8-9,13H,3-7H2,1-2H3/t13-/m1/s1. The molecule has 0 N–H and O–H groups in total. The van der Waals surface area contributed by atoms with Crippen molar-refractivity contribution in [2.75, 3.05) is 13.7 Å². The molecule has 0 bridgehead atoms. The van der Waals surface area contributed by atoms with Crippen LogP contribution in [0.1, 0.15) is 43.0 Å². The maximum absolute atomic E-state index is 12.3. The molecule has 1 fully saturated rings. The van der Waals surface area contributed by atoms with Gasteiger partial charge in [-0.3, -0.25) is 14.9 Å². The van der Waals surface area contributed by atoms with Crippen LogP contribution in [0.2, 0.25) is 0 Å². The average Bonchev–Trinajstić information content (AvgIpc) is 2.56. The number of ketones is 1. The normalized spacial score (nSPS) is 17.2. The minimum Gasteiger partial charge on any atom is -0.493 e. The maximum Gasteiger partial charge on any atom is 0.346 e. The van der Waals surface area contributed by atoms with Gasteiger partial charge in [0.25, 0.3) is 5.69 Å². The van der Waals surface area contributed by atoms with E-state index in [4.69, 9.17) is 14.2 Å². The predicted octanol–water partition coefficient (Wildman–Crippen LogP) is 2.67. The van der Waals surface area contributed by atoms with Gasteiger partial charge >= 0.3 is 5.97 Å². The Hall–Kier alpha value is -2.64. The van der Waals surface area contributed by atoms with E-state index in [2.05, 4.69) is 0 Å². The molecule has 1 aromatic carbocycles. The van der Waals surface area contributed by atoms with Crippen molar-refractivity contribution in [1.82, 2.24) is 0 Å². The summed E-state index contributed by atoms with van der Waals surface area (Å²) in [6.45, 7) is 2.01. The fourth-order valence-corrected chi connectivity index (χ4v) is 2.56. The Morgan fingerprint density at radius 3 is 2.67 bits per heavy atom. The largest absolute Gasteiger partial charge is 0.493 e. The third-order valence-electron chi connectivity index (χ3n) is 3.75. The van der Waals surface area contributed by atoms with Gasteiger partial charge in [-0.1, -0.05) is 0 Å². The van der Waals surface area contributed by atoms with E-state index >= 15 is 0 Å². The van der Waals surface area contributed by atoms with E-state index in [1.54, 1.807) is 6.92 Å². The Bertz CT molecular complexity index is 656. The average molecular weight is 337 g/mol. The van der Waals surface area contributed by atoms with E-state index in [1.807, 2.05) is 0 Å². The highest BCUT2D eigenvalue weighted by Gasteiger charge is 2.31. The van der Waals surface area contributed by atoms with Crippen LogP contribution in [0.15, 0.2) is 12.1 Å². The second-order valence-electron chi connectivity index (χ2n) is 5.32. The number of benzene rings is 1. The first kappa shape index (κ1) is 17.7. The third kappa shape index (κ3) is 3.81. The second kappa shape index (κ2) is 7.76. The summed E-state index contributed by atoms with van der Waals surface area (Å²) in [6.07, 6.45) is 1.49. The lowest BCUT2D eigenvalue weighted by atomic mass is 9.96. The van der Waals surface area contributed by atoms with Crippen LogP contribution in [0.4, 0.5) is 5.69 Å². The molecule has 0 radical (unpaired) electrons. The van der Waals surface area contributed by atoms with Gasteiger partial charge in [-0.2, -0.15) is 0 Å². The van der Waals surface area contributed by atoms with Crippen molar-refractivity contribution in [2.24, 2.45) is 0 Å². The van der Waals surface area contributed by atoms with Gasteiger partial charge in [-0.15, -0.1) is 0 Å². The van der Waals surface area contributed by atoms with Gasteiger partial charge in [0.2, 0.25) is 0 Å². The first-order chi connectivity index (χ1) is 11.5. The summed E-state index contributed by atoms with van der Waals surface area (Å²) in [5.74, 6) is -0.722. The summed E-state index contributed by atoms with van der Waals surface area (Å²) in [5.41, 5.74) is -0.716. The van der Waals surface area contributed by atoms with E-state index in [0.29, 0.717) is 12.8 Å². The van der Waals surface area contributed by atoms with Crippen molar-refractivity contribution >= 4 is 17.4 Å². The molecule has 0 aromatic heterocycles. The number of ether oxygens (including phenoxy) is 3. The van der Waals surface area contributed by atoms with Crippen molar-refractivity contribution in [2.45, 2.75) is 38.7 Å². The number of hydrogen-bond acceptors (Lipinski definition) is 7. The summed E-state index contributed by atoms with van der Waals surface area (Å²) < 4.78 is 15.6. The number of nitro benzene ring substituents is 1. The van der Waals surface area contributed by atoms with Crippen molar-refractivity contribution in [3.05, 3.63) is 27.8 Å². The number of rotatable bonds is 6. The number of nitrogens with zero attached hydrogens (tertiary/aromatic N) is 1. The Morgan fingerprint density at radius 1 is 1.33 bits per heavy atom. The molecular formula is C16H19NO7. The molecule has 8 nitrogen and oxygen atoms in total. The van der Waals surface area contributed by atoms with Crippen LogP contribution in [-0.4, -0.2) is 36.5 Å². The monoisotopic (exact) mass is 337 g/mol. The van der Waals surface area contributed by atoms with E-state index in [0.717, 1.165) is 18.9 Å². The molecule has 0 unspecified atom stereocenters. The Balaban J connectivity index is 2.34. The van der Waals surface area contributed by atoms with Crippen LogP contribution in [0.5, 0.6) is 11.5 Å². The lowest BCUT2D eigenvalue weighted by Crippen LogP contribution is -2.30. The van der Waals surface area contributed by atoms with Crippen LogP contribution in [0.25, 0.3) is 0 Å². The van der Waals surface area contributed by atoms with Crippen molar-refractivity contribution in [3.63, 3.8) is 0 Å². The fraction of sp³-hybridized carbons (Fsp3) is 0.500. The zero-order chi connectivity index (χ0) is 17.7. The van der Waals surface area contributed by atoms with Gasteiger partial charge < -0.3 is 14.2 Å². The van der Waals surface area contributed by atoms with Crippen molar-refractivity contribution < 1.29 is 28.7 Å². The molecule has 8 heteroatoms. The van der Waals surface area contributed by atoms with Crippen LogP contribution < -0.4 is 9.47 Å². The number of carbonyl (C=O) groups excluding carboxylic acids is 2. The fourth-order valence-electron chi connectivity index (χ4n) is 2.56. The quantitative estimate of drug-likeness (QED) is 0.446. The Kier molecular flexibility index (Phi) is 5.73. The summed E-state index contributed by atoms with van der Waals surface area (Å²) in [6, 6.07) is 2.33. The zero-order valence-electron chi connectivity index (χ0n) is 13.6. The van der Waals surface area contributed by atoms with Gasteiger partial charge in [-0.05, 0) is 26.2 Å². The molecular weight excluding hydrogens is 318 g/mol. The second-order valence-corrected chi connectivity index (χ2v) is 5.32. The molecule has 0 heterocycles. The molecule has 0 spiro atoms. The number of Topliss-reactive ketones (excluding diaryl/α,β-unsaturated/α-hetero) is 1. The molecule has 2 rings (SSSR count). The summed E-state index contributed by atoms with van der Waals surface area (Å²) in [5, 5.41) is 11.3. The smallest absolute Gasteiger partial charge is 0.346 e. The number of hydrogen-bond donors (Lipinski definition) is 0. The molecule has 0 amide bonds. The third-order valence-corrected chi connectivity index (χ3v) is 3.75. The number of nitro groups is 1. The highest BCUT2D eigenvalue weighted by Crippen LogP contribution is 2.35. The van der Waals surface area contributed by atoms with Gasteiger partial charge in [0, 0.05) is 12.5 Å². The minimum absolute atomic E-state index is 0.157. The van der Waals surface area contributed by atoms with Crippen LogP contribution in [0.3, 0.4) is 0 Å². The zero-order valence-corrected chi connectivity index (χ0v) is 13.6. The highest BCUT2D eigenvalue weighted by atomic mass is 16.6. The first-order valence-electron chi connectivity index (χ1n) is 7.70. The number of carbonyl (C=O) groups is 2. The number of methoxy groups -OCH3 is 1. The van der Waals surface area contributed by atoms with E-state index in [1.165, 1.54) is 13.2 Å². The van der Waals surface area contributed by atoms with Crippen molar-refractivity contribution in [1.29, 1.82) is 0 Å². The van der Waals surface area contributed by atoms with Gasteiger partial charge in [0.05, 0.1) is 24.7 Å². The van der Waals surface area contributed by atoms with Crippen LogP contribution >= 0.6 is 0 Å². The molecule has 1 atom stereocenters. The summed E-state index contributed by atoms with van der Waals surface area (Å²) in [7, 11) is 1.36. The lowest BCUT2D eigenvalue weighted by molar-refractivity contribution is -0.385. The van der Waals surface area contributed by atoms with Crippen LogP contribution in [0, 0.1) is 10.1 Å². The predicted molar refractivity (Wildman–Crippen MR) is 83.5 cm³/mol. The Morgan fingerprint density at radius 2 is 2.08 bits per heavy atom.